The third-order valence-electron chi connectivity index (χ3n) is 5.34. The zero-order valence-corrected chi connectivity index (χ0v) is 17.0. The average Bonchev–Trinajstić information content (AvgIpc) is 3.34. The van der Waals surface area contributed by atoms with Crippen molar-refractivity contribution in [3.05, 3.63) is 76.8 Å². The quantitative estimate of drug-likeness (QED) is 0.679. The molecule has 1 heterocycles. The Hall–Kier alpha value is -3.19. The van der Waals surface area contributed by atoms with Crippen molar-refractivity contribution in [3.8, 4) is 5.75 Å². The van der Waals surface area contributed by atoms with E-state index in [4.69, 9.17) is 4.74 Å². The van der Waals surface area contributed by atoms with Crippen molar-refractivity contribution >= 4 is 28.5 Å². The molecule has 2 atom stereocenters. The summed E-state index contributed by atoms with van der Waals surface area (Å²) in [4.78, 5) is 29.2. The Morgan fingerprint density at radius 2 is 2.00 bits per heavy atom. The molecule has 0 bridgehead atoms. The molecule has 0 saturated carbocycles. The lowest BCUT2D eigenvalue weighted by atomic mass is 9.73. The summed E-state index contributed by atoms with van der Waals surface area (Å²) in [6, 6.07) is 15.5. The summed E-state index contributed by atoms with van der Waals surface area (Å²) in [6.45, 7) is 1.98. The number of rotatable bonds is 4. The Morgan fingerprint density at radius 3 is 2.69 bits per heavy atom. The van der Waals surface area contributed by atoms with E-state index in [9.17, 15) is 9.59 Å². The van der Waals surface area contributed by atoms with E-state index in [1.807, 2.05) is 54.8 Å². The van der Waals surface area contributed by atoms with Crippen molar-refractivity contribution in [1.82, 2.24) is 10.3 Å². The standard InChI is InChI=1S/C22H21N3O3S/c1-22(19(26)25-20-24-10-11-29-20)13-15-8-9-16(28-21(27)23-2)12-17(15)18(22)14-6-4-3-5-7-14/h3-12,18H,13H2,1-2H3,(H,23,27)(H,24,25,26)/t18-,22+/m0/s1. The Morgan fingerprint density at radius 1 is 1.21 bits per heavy atom. The molecule has 148 valence electrons. The van der Waals surface area contributed by atoms with E-state index >= 15 is 0 Å². The molecule has 0 saturated heterocycles. The monoisotopic (exact) mass is 407 g/mol. The van der Waals surface area contributed by atoms with Gasteiger partial charge in [-0.2, -0.15) is 0 Å². The van der Waals surface area contributed by atoms with Gasteiger partial charge < -0.3 is 15.4 Å². The van der Waals surface area contributed by atoms with Gasteiger partial charge in [0, 0.05) is 24.5 Å². The Kier molecular flexibility index (Phi) is 5.07. The fourth-order valence-electron chi connectivity index (χ4n) is 3.99. The lowest BCUT2D eigenvalue weighted by Crippen LogP contribution is -2.37. The van der Waals surface area contributed by atoms with Gasteiger partial charge in [0.15, 0.2) is 5.13 Å². The van der Waals surface area contributed by atoms with Crippen molar-refractivity contribution < 1.29 is 14.3 Å². The van der Waals surface area contributed by atoms with Gasteiger partial charge in [0.2, 0.25) is 5.91 Å². The van der Waals surface area contributed by atoms with Crippen LogP contribution in [0.15, 0.2) is 60.1 Å². The number of carbonyl (C=O) groups excluding carboxylic acids is 2. The molecule has 0 spiro atoms. The van der Waals surface area contributed by atoms with Crippen molar-refractivity contribution in [2.45, 2.75) is 19.3 Å². The molecule has 0 radical (unpaired) electrons. The zero-order valence-electron chi connectivity index (χ0n) is 16.1. The Balaban J connectivity index is 1.75. The van der Waals surface area contributed by atoms with Gasteiger partial charge in [-0.15, -0.1) is 11.3 Å². The van der Waals surface area contributed by atoms with E-state index in [1.165, 1.54) is 18.4 Å². The number of hydrogen-bond donors (Lipinski definition) is 2. The third kappa shape index (κ3) is 3.61. The second-order valence-corrected chi connectivity index (χ2v) is 8.12. The zero-order chi connectivity index (χ0) is 20.4. The first-order chi connectivity index (χ1) is 14.0. The molecule has 0 aliphatic heterocycles. The van der Waals surface area contributed by atoms with E-state index in [0.717, 1.165) is 16.7 Å². The molecule has 29 heavy (non-hydrogen) atoms. The van der Waals surface area contributed by atoms with Crippen LogP contribution in [0.3, 0.4) is 0 Å². The van der Waals surface area contributed by atoms with Gasteiger partial charge in [-0.3, -0.25) is 4.79 Å². The van der Waals surface area contributed by atoms with Crippen molar-refractivity contribution in [1.29, 1.82) is 0 Å². The molecular weight excluding hydrogens is 386 g/mol. The number of hydrogen-bond acceptors (Lipinski definition) is 5. The molecule has 1 aromatic heterocycles. The summed E-state index contributed by atoms with van der Waals surface area (Å²) >= 11 is 1.39. The average molecular weight is 407 g/mol. The van der Waals surface area contributed by atoms with Gasteiger partial charge in [0.1, 0.15) is 5.75 Å². The molecule has 6 nitrogen and oxygen atoms in total. The molecule has 4 rings (SSSR count). The minimum atomic E-state index is -0.707. The largest absolute Gasteiger partial charge is 0.412 e. The molecule has 2 aromatic carbocycles. The van der Waals surface area contributed by atoms with Crippen LogP contribution in [-0.2, 0) is 11.2 Å². The highest BCUT2D eigenvalue weighted by molar-refractivity contribution is 7.13. The lowest BCUT2D eigenvalue weighted by Gasteiger charge is -2.31. The number of fused-ring (bicyclic) bond motifs is 1. The number of amides is 2. The van der Waals surface area contributed by atoms with E-state index in [1.54, 1.807) is 12.3 Å². The van der Waals surface area contributed by atoms with Crippen LogP contribution in [0.1, 0.15) is 29.5 Å². The minimum Gasteiger partial charge on any atom is -0.410 e. The number of nitrogens with one attached hydrogen (secondary N) is 2. The molecule has 1 aliphatic rings. The lowest BCUT2D eigenvalue weighted by molar-refractivity contribution is -0.125. The van der Waals surface area contributed by atoms with Crippen LogP contribution in [0.4, 0.5) is 9.93 Å². The summed E-state index contributed by atoms with van der Waals surface area (Å²) in [5.41, 5.74) is 2.40. The van der Waals surface area contributed by atoms with Gasteiger partial charge in [-0.25, -0.2) is 9.78 Å². The maximum absolute atomic E-state index is 13.4. The molecule has 7 heteroatoms. The fourth-order valence-corrected chi connectivity index (χ4v) is 4.52. The number of carbonyl (C=O) groups is 2. The Bertz CT molecular complexity index is 1040. The third-order valence-corrected chi connectivity index (χ3v) is 6.03. The van der Waals surface area contributed by atoms with Gasteiger partial charge in [-0.1, -0.05) is 36.4 Å². The molecule has 0 fully saturated rings. The van der Waals surface area contributed by atoms with Crippen molar-refractivity contribution in [2.24, 2.45) is 5.41 Å². The van der Waals surface area contributed by atoms with Crippen LogP contribution in [0.25, 0.3) is 0 Å². The predicted octanol–water partition coefficient (Wildman–Crippen LogP) is 4.19. The number of benzene rings is 2. The highest BCUT2D eigenvalue weighted by atomic mass is 32.1. The van der Waals surface area contributed by atoms with Crippen LogP contribution in [0.2, 0.25) is 0 Å². The highest BCUT2D eigenvalue weighted by Gasteiger charge is 2.49. The summed E-state index contributed by atoms with van der Waals surface area (Å²) in [7, 11) is 1.52. The summed E-state index contributed by atoms with van der Waals surface area (Å²) in [5.74, 6) is 0.201. The molecule has 2 N–H and O–H groups in total. The minimum absolute atomic E-state index is 0.0775. The second kappa shape index (κ2) is 7.67. The normalized spacial score (nSPS) is 20.0. The molecular formula is C22H21N3O3S. The summed E-state index contributed by atoms with van der Waals surface area (Å²) < 4.78 is 5.33. The first kappa shape index (κ1) is 19.1. The topological polar surface area (TPSA) is 80.3 Å². The molecule has 2 amide bonds. The van der Waals surface area contributed by atoms with E-state index < -0.39 is 11.5 Å². The van der Waals surface area contributed by atoms with Crippen LogP contribution >= 0.6 is 11.3 Å². The number of aromatic nitrogens is 1. The van der Waals surface area contributed by atoms with Crippen molar-refractivity contribution in [3.63, 3.8) is 0 Å². The summed E-state index contributed by atoms with van der Waals surface area (Å²) in [6.07, 6.45) is 1.73. The summed E-state index contributed by atoms with van der Waals surface area (Å²) in [5, 5.41) is 7.84. The first-order valence-electron chi connectivity index (χ1n) is 9.29. The van der Waals surface area contributed by atoms with Gasteiger partial charge >= 0.3 is 6.09 Å². The number of thiazole rings is 1. The SMILES string of the molecule is CNC(=O)Oc1ccc2c(c1)[C@H](c1ccccc1)[C@](C)(C(=O)Nc1nccs1)C2. The Labute approximate surface area is 172 Å². The highest BCUT2D eigenvalue weighted by Crippen LogP contribution is 2.52. The smallest absolute Gasteiger partial charge is 0.410 e. The van der Waals surface area contributed by atoms with Crippen LogP contribution < -0.4 is 15.4 Å². The molecule has 0 unspecified atom stereocenters. The molecule has 3 aromatic rings. The van der Waals surface area contributed by atoms with E-state index in [-0.39, 0.29) is 11.8 Å². The van der Waals surface area contributed by atoms with Crippen molar-refractivity contribution in [2.75, 3.05) is 12.4 Å². The van der Waals surface area contributed by atoms with E-state index in [2.05, 4.69) is 15.6 Å². The van der Waals surface area contributed by atoms with E-state index in [0.29, 0.717) is 17.3 Å². The molecule has 1 aliphatic carbocycles. The van der Waals surface area contributed by atoms with Gasteiger partial charge in [0.05, 0.1) is 5.41 Å². The van der Waals surface area contributed by atoms with Crippen LogP contribution in [0, 0.1) is 5.41 Å². The van der Waals surface area contributed by atoms with Gasteiger partial charge in [0.25, 0.3) is 0 Å². The van der Waals surface area contributed by atoms with Crippen LogP contribution in [0.5, 0.6) is 5.75 Å². The van der Waals surface area contributed by atoms with Gasteiger partial charge in [-0.05, 0) is 42.2 Å². The fraction of sp³-hybridized carbons (Fsp3) is 0.227. The second-order valence-electron chi connectivity index (χ2n) is 7.23. The number of ether oxygens (including phenoxy) is 1. The van der Waals surface area contributed by atoms with Crippen LogP contribution in [-0.4, -0.2) is 24.0 Å². The maximum atomic E-state index is 13.4. The predicted molar refractivity (Wildman–Crippen MR) is 112 cm³/mol. The maximum Gasteiger partial charge on any atom is 0.412 e. The number of nitrogens with zero attached hydrogens (tertiary/aromatic N) is 1. The first-order valence-corrected chi connectivity index (χ1v) is 10.2. The number of anilines is 1.